The number of benzene rings is 1. The summed E-state index contributed by atoms with van der Waals surface area (Å²) in [5.74, 6) is -0.963. The third-order valence-corrected chi connectivity index (χ3v) is 2.48. The second kappa shape index (κ2) is 5.89. The Morgan fingerprint density at radius 2 is 1.94 bits per heavy atom. The van der Waals surface area contributed by atoms with Crippen molar-refractivity contribution in [3.8, 4) is 0 Å². The Labute approximate surface area is 99.6 Å². The van der Waals surface area contributed by atoms with E-state index >= 15 is 0 Å². The molecule has 1 aromatic rings. The summed E-state index contributed by atoms with van der Waals surface area (Å²) >= 11 is 0. The van der Waals surface area contributed by atoms with Gasteiger partial charge in [0.25, 0.3) is 0 Å². The summed E-state index contributed by atoms with van der Waals surface area (Å²) in [7, 11) is 2.79. The molecule has 0 heterocycles. The lowest BCUT2D eigenvalue weighted by atomic mass is 10.0. The van der Waals surface area contributed by atoms with Crippen LogP contribution in [0.2, 0.25) is 0 Å². The van der Waals surface area contributed by atoms with Gasteiger partial charge in [-0.3, -0.25) is 4.79 Å². The Kier molecular flexibility index (Phi) is 4.51. The zero-order chi connectivity index (χ0) is 12.8. The van der Waals surface area contributed by atoms with Crippen molar-refractivity contribution >= 4 is 12.1 Å². The third-order valence-electron chi connectivity index (χ3n) is 2.48. The first kappa shape index (κ1) is 13.0. The molecule has 5 nitrogen and oxygen atoms in total. The molecule has 1 aromatic carbocycles. The van der Waals surface area contributed by atoms with Crippen LogP contribution in [0.25, 0.3) is 0 Å². The van der Waals surface area contributed by atoms with Crippen molar-refractivity contribution < 1.29 is 19.4 Å². The minimum Gasteiger partial charge on any atom is -0.481 e. The number of rotatable bonds is 4. The number of carboxylic acids is 1. The van der Waals surface area contributed by atoms with Crippen molar-refractivity contribution in [2.45, 2.75) is 12.5 Å². The molecule has 0 saturated heterocycles. The van der Waals surface area contributed by atoms with E-state index in [0.717, 1.165) is 5.56 Å². The topological polar surface area (TPSA) is 66.8 Å². The largest absolute Gasteiger partial charge is 0.481 e. The summed E-state index contributed by atoms with van der Waals surface area (Å²) in [5.41, 5.74) is 0.766. The van der Waals surface area contributed by atoms with Crippen LogP contribution in [0.4, 0.5) is 4.79 Å². The first-order valence-electron chi connectivity index (χ1n) is 5.13. The Bertz CT molecular complexity index is 391. The van der Waals surface area contributed by atoms with Gasteiger partial charge in [-0.1, -0.05) is 30.3 Å². The number of carboxylic acid groups (broad SMARTS) is 1. The average Bonchev–Trinajstić information content (AvgIpc) is 2.35. The number of aliphatic carboxylic acids is 1. The van der Waals surface area contributed by atoms with Gasteiger partial charge in [-0.25, -0.2) is 4.79 Å². The zero-order valence-corrected chi connectivity index (χ0v) is 9.79. The van der Waals surface area contributed by atoms with E-state index in [2.05, 4.69) is 4.74 Å². The van der Waals surface area contributed by atoms with E-state index in [1.807, 2.05) is 6.07 Å². The number of nitrogens with zero attached hydrogens (tertiary/aromatic N) is 1. The maximum absolute atomic E-state index is 11.4. The van der Waals surface area contributed by atoms with E-state index in [-0.39, 0.29) is 6.42 Å². The molecule has 1 rings (SSSR count). The van der Waals surface area contributed by atoms with E-state index in [0.29, 0.717) is 0 Å². The predicted molar refractivity (Wildman–Crippen MR) is 61.6 cm³/mol. The summed E-state index contributed by atoms with van der Waals surface area (Å²) in [6.07, 6.45) is -0.713. The average molecular weight is 237 g/mol. The Morgan fingerprint density at radius 1 is 1.35 bits per heavy atom. The highest BCUT2D eigenvalue weighted by molar-refractivity contribution is 5.71. The van der Waals surface area contributed by atoms with Crippen molar-refractivity contribution in [2.75, 3.05) is 14.2 Å². The number of ether oxygens (including phenoxy) is 1. The third kappa shape index (κ3) is 3.48. The molecule has 0 fully saturated rings. The fourth-order valence-corrected chi connectivity index (χ4v) is 1.59. The van der Waals surface area contributed by atoms with Crippen LogP contribution in [0.5, 0.6) is 0 Å². The summed E-state index contributed by atoms with van der Waals surface area (Å²) in [6, 6.07) is 8.48. The van der Waals surface area contributed by atoms with Gasteiger partial charge in [-0.15, -0.1) is 0 Å². The molecule has 92 valence electrons. The molecule has 17 heavy (non-hydrogen) atoms. The van der Waals surface area contributed by atoms with E-state index in [1.54, 1.807) is 24.3 Å². The van der Waals surface area contributed by atoms with Crippen molar-refractivity contribution in [1.29, 1.82) is 0 Å². The predicted octanol–water partition coefficient (Wildman–Crippen LogP) is 1.90. The van der Waals surface area contributed by atoms with E-state index in [9.17, 15) is 9.59 Å². The van der Waals surface area contributed by atoms with Gasteiger partial charge in [-0.05, 0) is 5.56 Å². The molecule has 0 aliphatic carbocycles. The Balaban J connectivity index is 2.95. The van der Waals surface area contributed by atoms with Gasteiger partial charge in [0.05, 0.1) is 19.6 Å². The lowest BCUT2D eigenvalue weighted by Gasteiger charge is -2.26. The van der Waals surface area contributed by atoms with Crippen LogP contribution in [-0.2, 0) is 9.53 Å². The molecule has 0 aliphatic heterocycles. The molecule has 0 aliphatic rings. The second-order valence-electron chi connectivity index (χ2n) is 3.61. The summed E-state index contributed by atoms with van der Waals surface area (Å²) in [4.78, 5) is 23.5. The molecule has 1 atom stereocenters. The molecule has 0 radical (unpaired) electrons. The van der Waals surface area contributed by atoms with Crippen LogP contribution in [0, 0.1) is 0 Å². The molecule has 0 saturated carbocycles. The van der Waals surface area contributed by atoms with Crippen LogP contribution in [0.3, 0.4) is 0 Å². The Morgan fingerprint density at radius 3 is 2.41 bits per heavy atom. The number of methoxy groups -OCH3 is 1. The summed E-state index contributed by atoms with van der Waals surface area (Å²) in [5, 5.41) is 8.87. The first-order valence-corrected chi connectivity index (χ1v) is 5.13. The number of carbonyl (C=O) groups excluding carboxylic acids is 1. The van der Waals surface area contributed by atoms with Crippen molar-refractivity contribution in [2.24, 2.45) is 0 Å². The van der Waals surface area contributed by atoms with E-state index < -0.39 is 18.1 Å². The van der Waals surface area contributed by atoms with Crippen LogP contribution < -0.4 is 0 Å². The second-order valence-corrected chi connectivity index (χ2v) is 3.61. The quantitative estimate of drug-likeness (QED) is 0.868. The smallest absolute Gasteiger partial charge is 0.409 e. The highest BCUT2D eigenvalue weighted by Gasteiger charge is 2.24. The monoisotopic (exact) mass is 237 g/mol. The SMILES string of the molecule is COC(=O)N(C)C(CC(=O)O)c1ccccc1. The number of carbonyl (C=O) groups is 2. The standard InChI is InChI=1S/C12H15NO4/c1-13(12(16)17-2)10(8-11(14)15)9-6-4-3-5-7-9/h3-7,10H,8H2,1-2H3,(H,14,15). The number of amides is 1. The summed E-state index contributed by atoms with van der Waals surface area (Å²) < 4.78 is 4.59. The molecular weight excluding hydrogens is 222 g/mol. The maximum atomic E-state index is 11.4. The highest BCUT2D eigenvalue weighted by Crippen LogP contribution is 2.23. The van der Waals surface area contributed by atoms with Crippen LogP contribution in [0.1, 0.15) is 18.0 Å². The van der Waals surface area contributed by atoms with Crippen LogP contribution >= 0.6 is 0 Å². The minimum atomic E-state index is -0.963. The fraction of sp³-hybridized carbons (Fsp3) is 0.333. The number of hydrogen-bond acceptors (Lipinski definition) is 3. The van der Waals surface area contributed by atoms with Crippen LogP contribution in [0.15, 0.2) is 30.3 Å². The zero-order valence-electron chi connectivity index (χ0n) is 9.79. The summed E-state index contributed by atoms with van der Waals surface area (Å²) in [6.45, 7) is 0. The first-order chi connectivity index (χ1) is 8.06. The van der Waals surface area contributed by atoms with Crippen molar-refractivity contribution in [1.82, 2.24) is 4.90 Å². The maximum Gasteiger partial charge on any atom is 0.409 e. The van der Waals surface area contributed by atoms with Gasteiger partial charge in [0.15, 0.2) is 0 Å². The van der Waals surface area contributed by atoms with Gasteiger partial charge in [0.1, 0.15) is 0 Å². The van der Waals surface area contributed by atoms with Gasteiger partial charge in [0.2, 0.25) is 0 Å². The minimum absolute atomic E-state index is 0.157. The van der Waals surface area contributed by atoms with Gasteiger partial charge in [-0.2, -0.15) is 0 Å². The molecule has 0 bridgehead atoms. The lowest BCUT2D eigenvalue weighted by Crippen LogP contribution is -2.32. The van der Waals surface area contributed by atoms with E-state index in [1.165, 1.54) is 19.1 Å². The van der Waals surface area contributed by atoms with Gasteiger partial charge < -0.3 is 14.7 Å². The van der Waals surface area contributed by atoms with E-state index in [4.69, 9.17) is 5.11 Å². The fourth-order valence-electron chi connectivity index (χ4n) is 1.59. The van der Waals surface area contributed by atoms with Crippen molar-refractivity contribution in [3.05, 3.63) is 35.9 Å². The molecule has 0 spiro atoms. The molecular formula is C12H15NO4. The molecule has 1 N–H and O–H groups in total. The highest BCUT2D eigenvalue weighted by atomic mass is 16.5. The van der Waals surface area contributed by atoms with Crippen molar-refractivity contribution in [3.63, 3.8) is 0 Å². The normalized spacial score (nSPS) is 11.6. The molecule has 1 unspecified atom stereocenters. The van der Waals surface area contributed by atoms with Gasteiger partial charge in [0, 0.05) is 7.05 Å². The van der Waals surface area contributed by atoms with Gasteiger partial charge >= 0.3 is 12.1 Å². The molecule has 5 heteroatoms. The Hall–Kier alpha value is -2.04. The number of hydrogen-bond donors (Lipinski definition) is 1. The lowest BCUT2D eigenvalue weighted by molar-refractivity contribution is -0.138. The van der Waals surface area contributed by atoms with Crippen LogP contribution in [-0.4, -0.2) is 36.2 Å². The molecule has 0 aromatic heterocycles. The molecule has 1 amide bonds.